The van der Waals surface area contributed by atoms with Crippen LogP contribution in [0, 0.1) is 0 Å². The number of hydrogen-bond donors (Lipinski definition) is 2. The second kappa shape index (κ2) is 8.63. The number of carbonyl (C=O) groups is 2. The van der Waals surface area contributed by atoms with Gasteiger partial charge in [0.05, 0.1) is 13.2 Å². The highest BCUT2D eigenvalue weighted by Crippen LogP contribution is 2.21. The number of ether oxygens (including phenoxy) is 2. The van der Waals surface area contributed by atoms with Crippen molar-refractivity contribution < 1.29 is 19.1 Å². The van der Waals surface area contributed by atoms with Crippen LogP contribution in [0.25, 0.3) is 0 Å². The third-order valence-electron chi connectivity index (χ3n) is 3.73. The zero-order valence-corrected chi connectivity index (χ0v) is 15.1. The van der Waals surface area contributed by atoms with Crippen LogP contribution >= 0.6 is 11.3 Å². The molecular weight excluding hydrogens is 356 g/mol. The van der Waals surface area contributed by atoms with E-state index in [1.165, 1.54) is 11.3 Å². The van der Waals surface area contributed by atoms with Gasteiger partial charge in [0.2, 0.25) is 0 Å². The molecule has 8 nitrogen and oxygen atoms in total. The number of para-hydroxylation sites is 1. The van der Waals surface area contributed by atoms with Crippen LogP contribution in [-0.2, 0) is 9.53 Å². The van der Waals surface area contributed by atoms with Gasteiger partial charge in [0.1, 0.15) is 11.4 Å². The molecule has 1 atom stereocenters. The van der Waals surface area contributed by atoms with Crippen LogP contribution < -0.4 is 20.5 Å². The molecule has 1 fully saturated rings. The van der Waals surface area contributed by atoms with Crippen molar-refractivity contribution in [2.45, 2.75) is 13.0 Å². The van der Waals surface area contributed by atoms with Crippen molar-refractivity contribution in [3.8, 4) is 5.75 Å². The van der Waals surface area contributed by atoms with Gasteiger partial charge in [-0.15, -0.1) is 11.3 Å². The summed E-state index contributed by atoms with van der Waals surface area (Å²) in [4.78, 5) is 30.6. The first-order valence-electron chi connectivity index (χ1n) is 8.23. The highest BCUT2D eigenvalue weighted by atomic mass is 32.1. The van der Waals surface area contributed by atoms with Crippen LogP contribution in [0.2, 0.25) is 0 Å². The van der Waals surface area contributed by atoms with Gasteiger partial charge in [0.25, 0.3) is 11.8 Å². The Balaban J connectivity index is 1.48. The van der Waals surface area contributed by atoms with Gasteiger partial charge >= 0.3 is 0 Å². The highest BCUT2D eigenvalue weighted by molar-refractivity contribution is 7.13. The summed E-state index contributed by atoms with van der Waals surface area (Å²) in [6, 6.07) is 9.00. The molecule has 1 aromatic carbocycles. The molecule has 0 aliphatic carbocycles. The molecule has 1 aromatic heterocycles. The molecule has 1 unspecified atom stereocenters. The lowest BCUT2D eigenvalue weighted by Gasteiger charge is -2.25. The molecule has 0 bridgehead atoms. The normalized spacial score (nSPS) is 15.2. The Morgan fingerprint density at radius 1 is 1.23 bits per heavy atom. The maximum absolute atomic E-state index is 12.2. The predicted octanol–water partition coefficient (Wildman–Crippen LogP) is 1.21. The fourth-order valence-electron chi connectivity index (χ4n) is 2.31. The zero-order valence-electron chi connectivity index (χ0n) is 14.3. The number of anilines is 1. The number of nitrogens with zero attached hydrogens (tertiary/aromatic N) is 2. The van der Waals surface area contributed by atoms with E-state index in [4.69, 9.17) is 9.47 Å². The van der Waals surface area contributed by atoms with Gasteiger partial charge in [-0.3, -0.25) is 20.4 Å². The van der Waals surface area contributed by atoms with Crippen molar-refractivity contribution >= 4 is 28.3 Å². The third-order valence-corrected chi connectivity index (χ3v) is 4.63. The van der Waals surface area contributed by atoms with Crippen molar-refractivity contribution in [2.75, 3.05) is 31.2 Å². The van der Waals surface area contributed by atoms with Crippen LogP contribution in [-0.4, -0.2) is 49.2 Å². The summed E-state index contributed by atoms with van der Waals surface area (Å²) in [5.74, 6) is -0.344. The Morgan fingerprint density at radius 2 is 1.96 bits per heavy atom. The monoisotopic (exact) mass is 376 g/mol. The van der Waals surface area contributed by atoms with Gasteiger partial charge < -0.3 is 14.4 Å². The Kier molecular flexibility index (Phi) is 6.03. The van der Waals surface area contributed by atoms with Crippen LogP contribution in [0.15, 0.2) is 35.7 Å². The molecule has 1 saturated heterocycles. The van der Waals surface area contributed by atoms with Crippen molar-refractivity contribution in [1.82, 2.24) is 15.8 Å². The van der Waals surface area contributed by atoms with Crippen LogP contribution in [0.5, 0.6) is 5.75 Å². The minimum Gasteiger partial charge on any atom is -0.481 e. The van der Waals surface area contributed by atoms with Crippen molar-refractivity contribution in [1.29, 1.82) is 0 Å². The molecule has 138 valence electrons. The lowest BCUT2D eigenvalue weighted by Crippen LogP contribution is -2.47. The number of benzene rings is 1. The molecule has 26 heavy (non-hydrogen) atoms. The Morgan fingerprint density at radius 3 is 2.69 bits per heavy atom. The van der Waals surface area contributed by atoms with Crippen LogP contribution in [0.1, 0.15) is 17.4 Å². The topological polar surface area (TPSA) is 92.8 Å². The van der Waals surface area contributed by atoms with Crippen molar-refractivity contribution in [3.63, 3.8) is 0 Å². The quantitative estimate of drug-likeness (QED) is 0.762. The van der Waals surface area contributed by atoms with E-state index in [0.717, 1.165) is 18.2 Å². The largest absolute Gasteiger partial charge is 0.481 e. The second-order valence-electron chi connectivity index (χ2n) is 5.63. The molecule has 0 saturated carbocycles. The summed E-state index contributed by atoms with van der Waals surface area (Å²) < 4.78 is 10.8. The van der Waals surface area contributed by atoms with E-state index in [-0.39, 0.29) is 5.69 Å². The molecule has 3 rings (SSSR count). The average molecular weight is 376 g/mol. The number of thiazole rings is 1. The minimum absolute atomic E-state index is 0.258. The number of hydrogen-bond acceptors (Lipinski definition) is 7. The maximum atomic E-state index is 12.2. The first-order chi connectivity index (χ1) is 12.6. The van der Waals surface area contributed by atoms with Crippen LogP contribution in [0.4, 0.5) is 5.13 Å². The van der Waals surface area contributed by atoms with E-state index in [1.807, 2.05) is 18.2 Å². The predicted molar refractivity (Wildman–Crippen MR) is 97.3 cm³/mol. The molecule has 1 aliphatic heterocycles. The maximum Gasteiger partial charge on any atom is 0.289 e. The molecule has 2 N–H and O–H groups in total. The van der Waals surface area contributed by atoms with E-state index in [1.54, 1.807) is 24.4 Å². The summed E-state index contributed by atoms with van der Waals surface area (Å²) in [5, 5.41) is 2.43. The van der Waals surface area contributed by atoms with E-state index in [0.29, 0.717) is 19.0 Å². The molecule has 1 aliphatic rings. The van der Waals surface area contributed by atoms with Gasteiger partial charge in [-0.1, -0.05) is 18.2 Å². The smallest absolute Gasteiger partial charge is 0.289 e. The second-order valence-corrected chi connectivity index (χ2v) is 6.47. The molecule has 9 heteroatoms. The summed E-state index contributed by atoms with van der Waals surface area (Å²) in [6.45, 7) is 4.40. The van der Waals surface area contributed by atoms with Gasteiger partial charge in [0.15, 0.2) is 11.2 Å². The van der Waals surface area contributed by atoms with Gasteiger partial charge in [-0.05, 0) is 19.1 Å². The van der Waals surface area contributed by atoms with Crippen molar-refractivity contribution in [2.24, 2.45) is 0 Å². The Bertz CT molecular complexity index is 746. The highest BCUT2D eigenvalue weighted by Gasteiger charge is 2.19. The third kappa shape index (κ3) is 4.70. The molecule has 2 amide bonds. The number of hydrazine groups is 1. The SMILES string of the molecule is CC(Oc1ccccc1)C(=O)NNC(=O)c1csc(N2CCOCC2)n1. The standard InChI is InChI=1S/C17H20N4O4S/c1-12(25-13-5-3-2-4-6-13)15(22)19-20-16(23)14-11-26-17(18-14)21-7-9-24-10-8-21/h2-6,11-12H,7-10H2,1H3,(H,19,22)(H,20,23). The van der Waals surface area contributed by atoms with E-state index in [9.17, 15) is 9.59 Å². The number of aromatic nitrogens is 1. The first kappa shape index (κ1) is 18.2. The van der Waals surface area contributed by atoms with E-state index >= 15 is 0 Å². The van der Waals surface area contributed by atoms with Crippen LogP contribution in [0.3, 0.4) is 0 Å². The summed E-state index contributed by atoms with van der Waals surface area (Å²) >= 11 is 1.39. The molecular formula is C17H20N4O4S. The van der Waals surface area contributed by atoms with E-state index < -0.39 is 17.9 Å². The number of morpholine rings is 1. The average Bonchev–Trinajstić information content (AvgIpc) is 3.17. The summed E-state index contributed by atoms with van der Waals surface area (Å²) in [7, 11) is 0. The first-order valence-corrected chi connectivity index (χ1v) is 9.11. The Hall–Kier alpha value is -2.65. The number of nitrogens with one attached hydrogen (secondary N) is 2. The number of rotatable bonds is 5. The number of amides is 2. The Labute approximate surface area is 155 Å². The molecule has 2 heterocycles. The molecule has 0 radical (unpaired) electrons. The number of carbonyl (C=O) groups excluding carboxylic acids is 2. The molecule has 2 aromatic rings. The van der Waals surface area contributed by atoms with Gasteiger partial charge in [-0.25, -0.2) is 4.98 Å². The van der Waals surface area contributed by atoms with Gasteiger partial charge in [0, 0.05) is 18.5 Å². The summed E-state index contributed by atoms with van der Waals surface area (Å²) in [5.41, 5.74) is 4.98. The van der Waals surface area contributed by atoms with E-state index in [2.05, 4.69) is 20.7 Å². The fraction of sp³-hybridized carbons (Fsp3) is 0.353. The van der Waals surface area contributed by atoms with Crippen molar-refractivity contribution in [3.05, 3.63) is 41.4 Å². The zero-order chi connectivity index (χ0) is 18.4. The summed E-state index contributed by atoms with van der Waals surface area (Å²) in [6.07, 6.45) is -0.753. The molecule has 0 spiro atoms. The lowest BCUT2D eigenvalue weighted by molar-refractivity contribution is -0.128. The fourth-order valence-corrected chi connectivity index (χ4v) is 3.17. The lowest BCUT2D eigenvalue weighted by atomic mass is 10.3. The van der Waals surface area contributed by atoms with Gasteiger partial charge in [-0.2, -0.15) is 0 Å². The minimum atomic E-state index is -0.753.